The van der Waals surface area contributed by atoms with Crippen molar-refractivity contribution in [2.45, 2.75) is 32.2 Å². The van der Waals surface area contributed by atoms with Gasteiger partial charge in [0.1, 0.15) is 6.04 Å². The van der Waals surface area contributed by atoms with E-state index in [0.717, 1.165) is 18.0 Å². The van der Waals surface area contributed by atoms with Crippen LogP contribution >= 0.6 is 0 Å². The fraction of sp³-hybridized carbons (Fsp3) is 0.875. The Kier molecular flexibility index (Phi) is 3.49. The van der Waals surface area contributed by atoms with Crippen LogP contribution in [-0.4, -0.2) is 35.3 Å². The second-order valence-corrected chi connectivity index (χ2v) is 3.13. The predicted octanol–water partition coefficient (Wildman–Crippen LogP) is 0.366. The van der Waals surface area contributed by atoms with Crippen LogP contribution in [0.2, 0.25) is 0 Å². The quantitative estimate of drug-likeness (QED) is 0.358. The van der Waals surface area contributed by atoms with Gasteiger partial charge in [0.25, 0.3) is 5.91 Å². The maximum atomic E-state index is 10.8. The molecular weight excluding hydrogens is 156 g/mol. The first-order valence-corrected chi connectivity index (χ1v) is 4.49. The topological polar surface area (TPSA) is 52.6 Å². The largest absolute Gasteiger partial charge is 0.304 e. The van der Waals surface area contributed by atoms with Gasteiger partial charge in [-0.25, -0.2) is 5.06 Å². The summed E-state index contributed by atoms with van der Waals surface area (Å²) >= 11 is 0. The highest BCUT2D eigenvalue weighted by molar-refractivity contribution is 5.86. The van der Waals surface area contributed by atoms with Gasteiger partial charge >= 0.3 is 0 Å². The molecule has 0 aromatic carbocycles. The molecule has 0 aliphatic carbocycles. The van der Waals surface area contributed by atoms with E-state index in [2.05, 4.69) is 12.2 Å². The summed E-state index contributed by atoms with van der Waals surface area (Å²) in [5.41, 5.74) is 0. The van der Waals surface area contributed by atoms with E-state index in [9.17, 15) is 4.79 Å². The Balaban J connectivity index is 1.98. The smallest absolute Gasteiger partial charge is 0.265 e. The zero-order valence-electron chi connectivity index (χ0n) is 7.42. The molecular formula is C8H16N2O2. The Morgan fingerprint density at radius 1 is 1.67 bits per heavy atom. The van der Waals surface area contributed by atoms with Gasteiger partial charge in [-0.3, -0.25) is 10.0 Å². The summed E-state index contributed by atoms with van der Waals surface area (Å²) in [5.74, 6) is -0.202. The van der Waals surface area contributed by atoms with Gasteiger partial charge in [0.15, 0.2) is 0 Å². The van der Waals surface area contributed by atoms with Crippen LogP contribution in [0.5, 0.6) is 0 Å². The number of hydrogen-bond acceptors (Lipinski definition) is 3. The van der Waals surface area contributed by atoms with Crippen molar-refractivity contribution in [3.8, 4) is 0 Å². The fourth-order valence-electron chi connectivity index (χ4n) is 1.21. The lowest BCUT2D eigenvalue weighted by molar-refractivity contribution is -0.190. The van der Waals surface area contributed by atoms with E-state index in [4.69, 9.17) is 5.21 Å². The molecule has 0 saturated carbocycles. The molecule has 1 heterocycles. The first-order valence-electron chi connectivity index (χ1n) is 4.49. The van der Waals surface area contributed by atoms with Crippen LogP contribution in [0.3, 0.4) is 0 Å². The lowest BCUT2D eigenvalue weighted by atomic mass is 10.1. The predicted molar refractivity (Wildman–Crippen MR) is 44.8 cm³/mol. The minimum absolute atomic E-state index is 0.133. The molecule has 4 heteroatoms. The molecule has 0 radical (unpaired) electrons. The van der Waals surface area contributed by atoms with Crippen molar-refractivity contribution >= 4 is 5.91 Å². The van der Waals surface area contributed by atoms with Gasteiger partial charge in [-0.1, -0.05) is 19.8 Å². The highest BCUT2D eigenvalue weighted by atomic mass is 16.5. The lowest BCUT2D eigenvalue weighted by Crippen LogP contribution is -2.61. The molecule has 0 aromatic rings. The molecule has 1 aliphatic rings. The maximum Gasteiger partial charge on any atom is 0.265 e. The Morgan fingerprint density at radius 2 is 2.42 bits per heavy atom. The van der Waals surface area contributed by atoms with Gasteiger partial charge in [0, 0.05) is 0 Å². The van der Waals surface area contributed by atoms with E-state index in [1.165, 1.54) is 12.8 Å². The van der Waals surface area contributed by atoms with Crippen LogP contribution in [0.1, 0.15) is 26.2 Å². The molecule has 4 nitrogen and oxygen atoms in total. The van der Waals surface area contributed by atoms with E-state index in [1.807, 2.05) is 0 Å². The molecule has 1 unspecified atom stereocenters. The zero-order chi connectivity index (χ0) is 8.97. The average molecular weight is 172 g/mol. The van der Waals surface area contributed by atoms with Crippen LogP contribution < -0.4 is 5.32 Å². The Morgan fingerprint density at radius 3 is 2.92 bits per heavy atom. The molecule has 0 spiro atoms. The van der Waals surface area contributed by atoms with Crippen molar-refractivity contribution in [3.63, 3.8) is 0 Å². The Labute approximate surface area is 72.5 Å². The Bertz CT molecular complexity index is 161. The molecule has 70 valence electrons. The summed E-state index contributed by atoms with van der Waals surface area (Å²) in [5, 5.41) is 12.6. The van der Waals surface area contributed by atoms with E-state index >= 15 is 0 Å². The van der Waals surface area contributed by atoms with Gasteiger partial charge in [0.2, 0.25) is 0 Å². The molecule has 1 atom stereocenters. The molecule has 0 aromatic heterocycles. The summed E-state index contributed by atoms with van der Waals surface area (Å²) < 4.78 is 0. The number of nitrogens with zero attached hydrogens (tertiary/aromatic N) is 1. The Hall–Kier alpha value is -0.610. The number of carbonyl (C=O) groups excluding carboxylic acids is 1. The van der Waals surface area contributed by atoms with Crippen molar-refractivity contribution in [2.24, 2.45) is 0 Å². The second kappa shape index (κ2) is 4.42. The molecule has 1 fully saturated rings. The maximum absolute atomic E-state index is 10.8. The third-order valence-electron chi connectivity index (χ3n) is 2.08. The van der Waals surface area contributed by atoms with Gasteiger partial charge in [-0.05, 0) is 13.0 Å². The number of hydrogen-bond donors (Lipinski definition) is 2. The average Bonchev–Trinajstić information content (AvgIpc) is 2.10. The fourth-order valence-corrected chi connectivity index (χ4v) is 1.21. The molecule has 0 bridgehead atoms. The number of nitrogens with one attached hydrogen (secondary N) is 1. The van der Waals surface area contributed by atoms with Crippen LogP contribution in [0.15, 0.2) is 0 Å². The number of unbranched alkanes of at least 4 members (excludes halogenated alkanes) is 2. The number of carbonyl (C=O) groups is 1. The van der Waals surface area contributed by atoms with Crippen molar-refractivity contribution in [3.05, 3.63) is 0 Å². The number of rotatable bonds is 5. The monoisotopic (exact) mass is 172 g/mol. The van der Waals surface area contributed by atoms with Crippen LogP contribution in [0.4, 0.5) is 0 Å². The van der Waals surface area contributed by atoms with Crippen molar-refractivity contribution in [1.29, 1.82) is 0 Å². The molecule has 1 saturated heterocycles. The highest BCUT2D eigenvalue weighted by Gasteiger charge is 2.34. The SMILES string of the molecule is CCCCCNC1CN(O)C1=O. The third-order valence-corrected chi connectivity index (χ3v) is 2.08. The number of hydroxylamine groups is 2. The molecule has 12 heavy (non-hydrogen) atoms. The standard InChI is InChI=1S/C8H16N2O2/c1-2-3-4-5-9-7-6-10(12)8(7)11/h7,9,12H,2-6H2,1H3. The highest BCUT2D eigenvalue weighted by Crippen LogP contribution is 2.05. The first kappa shape index (κ1) is 9.48. The summed E-state index contributed by atoms with van der Waals surface area (Å²) in [6.45, 7) is 3.45. The summed E-state index contributed by atoms with van der Waals surface area (Å²) in [6.07, 6.45) is 3.48. The summed E-state index contributed by atoms with van der Waals surface area (Å²) in [6, 6.07) is -0.133. The van der Waals surface area contributed by atoms with Crippen molar-refractivity contribution < 1.29 is 10.0 Å². The minimum atomic E-state index is -0.202. The van der Waals surface area contributed by atoms with E-state index in [1.54, 1.807) is 0 Å². The molecule has 1 amide bonds. The summed E-state index contributed by atoms with van der Waals surface area (Å²) in [4.78, 5) is 10.8. The second-order valence-electron chi connectivity index (χ2n) is 3.13. The zero-order valence-corrected chi connectivity index (χ0v) is 7.42. The van der Waals surface area contributed by atoms with Gasteiger partial charge in [-0.15, -0.1) is 0 Å². The van der Waals surface area contributed by atoms with Gasteiger partial charge in [0.05, 0.1) is 6.54 Å². The van der Waals surface area contributed by atoms with Gasteiger partial charge < -0.3 is 5.32 Å². The van der Waals surface area contributed by atoms with Crippen LogP contribution in [0.25, 0.3) is 0 Å². The third kappa shape index (κ3) is 2.19. The minimum Gasteiger partial charge on any atom is -0.304 e. The molecule has 1 rings (SSSR count). The van der Waals surface area contributed by atoms with Crippen LogP contribution in [-0.2, 0) is 4.79 Å². The normalized spacial score (nSPS) is 22.7. The van der Waals surface area contributed by atoms with E-state index in [-0.39, 0.29) is 11.9 Å². The van der Waals surface area contributed by atoms with E-state index in [0.29, 0.717) is 6.54 Å². The molecule has 1 aliphatic heterocycles. The number of amides is 1. The molecule has 2 N–H and O–H groups in total. The first-order chi connectivity index (χ1) is 5.75. The van der Waals surface area contributed by atoms with E-state index < -0.39 is 0 Å². The van der Waals surface area contributed by atoms with Crippen molar-refractivity contribution in [1.82, 2.24) is 10.4 Å². The van der Waals surface area contributed by atoms with Gasteiger partial charge in [-0.2, -0.15) is 0 Å². The van der Waals surface area contributed by atoms with Crippen LogP contribution in [0, 0.1) is 0 Å². The van der Waals surface area contributed by atoms with Crippen molar-refractivity contribution in [2.75, 3.05) is 13.1 Å². The summed E-state index contributed by atoms with van der Waals surface area (Å²) in [7, 11) is 0. The number of β-lactam (4-membered cyclic amide) rings is 1. The lowest BCUT2D eigenvalue weighted by Gasteiger charge is -2.33.